The van der Waals surface area contributed by atoms with Crippen LogP contribution in [0.15, 0.2) is 86.0 Å². The van der Waals surface area contributed by atoms with Crippen LogP contribution in [0, 0.1) is 11.8 Å². The standard InChI is InChI=1S/C36H43N3O7/c1-4-6-17-29(41)37-21-28(26-15-11-8-12-16-26)45-35(44)30-27-18-19-36(46-27)31(30)33(42)39(24(3)23-40)32(36)34(43)38(20-5-2)22-25-13-9-7-10-14-25/h4-5,7-16,24,27-28,30-32,40H,1-2,6,17-23H2,3H3,(H,37,41)/t24-,27-,28-,30+,31+,32-,36+/m1/s1. The van der Waals surface area contributed by atoms with Crippen LogP contribution in [0.25, 0.3) is 0 Å². The molecule has 0 saturated carbocycles. The second-order valence-electron chi connectivity index (χ2n) is 12.3. The van der Waals surface area contributed by atoms with Gasteiger partial charge in [0.1, 0.15) is 17.7 Å². The Balaban J connectivity index is 1.43. The van der Waals surface area contributed by atoms with Crippen LogP contribution in [-0.2, 0) is 35.2 Å². The molecule has 0 unspecified atom stereocenters. The number of aliphatic hydroxyl groups is 1. The van der Waals surface area contributed by atoms with E-state index < -0.39 is 53.6 Å². The molecule has 2 aromatic rings. The van der Waals surface area contributed by atoms with Gasteiger partial charge in [-0.3, -0.25) is 19.2 Å². The summed E-state index contributed by atoms with van der Waals surface area (Å²) in [5.41, 5.74) is 0.365. The average Bonchev–Trinajstić information content (AvgIpc) is 3.73. The molecule has 10 heteroatoms. The highest BCUT2D eigenvalue weighted by atomic mass is 16.6. The molecule has 3 aliphatic rings. The number of fused-ring (bicyclic) bond motifs is 1. The molecule has 0 radical (unpaired) electrons. The summed E-state index contributed by atoms with van der Waals surface area (Å²) in [5.74, 6) is -3.44. The molecule has 3 fully saturated rings. The molecule has 0 aliphatic carbocycles. The Morgan fingerprint density at radius 1 is 1.13 bits per heavy atom. The van der Waals surface area contributed by atoms with E-state index in [2.05, 4.69) is 18.5 Å². The normalized spacial score (nSPS) is 25.8. The van der Waals surface area contributed by atoms with Gasteiger partial charge in [-0.25, -0.2) is 0 Å². The molecule has 3 amide bonds. The van der Waals surface area contributed by atoms with Gasteiger partial charge in [0, 0.05) is 19.5 Å². The molecule has 3 aliphatic heterocycles. The van der Waals surface area contributed by atoms with Gasteiger partial charge in [0.15, 0.2) is 0 Å². The number of esters is 1. The first-order valence-corrected chi connectivity index (χ1v) is 15.9. The molecule has 7 atom stereocenters. The molecule has 2 N–H and O–H groups in total. The molecule has 3 heterocycles. The number of carbonyl (C=O) groups excluding carboxylic acids is 4. The summed E-state index contributed by atoms with van der Waals surface area (Å²) in [6, 6.07) is 16.9. The lowest BCUT2D eigenvalue weighted by molar-refractivity contribution is -0.161. The summed E-state index contributed by atoms with van der Waals surface area (Å²) < 4.78 is 12.6. The average molecular weight is 630 g/mol. The zero-order chi connectivity index (χ0) is 32.8. The number of allylic oxidation sites excluding steroid dienone is 1. The highest BCUT2D eigenvalue weighted by Gasteiger charge is 2.75. The van der Waals surface area contributed by atoms with E-state index in [1.165, 1.54) is 4.90 Å². The third kappa shape index (κ3) is 6.37. The van der Waals surface area contributed by atoms with Crippen molar-refractivity contribution in [1.82, 2.24) is 15.1 Å². The number of nitrogens with one attached hydrogen (secondary N) is 1. The number of nitrogens with zero attached hydrogens (tertiary/aromatic N) is 2. The number of aliphatic hydroxyl groups excluding tert-OH is 1. The minimum Gasteiger partial charge on any atom is -0.455 e. The van der Waals surface area contributed by atoms with E-state index in [1.807, 2.05) is 60.7 Å². The SMILES string of the molecule is C=CCCC(=O)NC[C@@H](OC(=O)[C@@H]1[C@H]2C(=O)N([C@H](C)CO)[C@H](C(=O)N(CC=C)Cc3ccccc3)[C@]23CC[C@H]1O3)c1ccccc1. The van der Waals surface area contributed by atoms with Gasteiger partial charge in [0.25, 0.3) is 0 Å². The Labute approximate surface area is 270 Å². The third-order valence-corrected chi connectivity index (χ3v) is 9.35. The van der Waals surface area contributed by atoms with E-state index >= 15 is 0 Å². The van der Waals surface area contributed by atoms with Gasteiger partial charge in [-0.2, -0.15) is 0 Å². The summed E-state index contributed by atoms with van der Waals surface area (Å²) >= 11 is 0. The molecular formula is C36H43N3O7. The Hall–Kier alpha value is -4.28. The maximum Gasteiger partial charge on any atom is 0.313 e. The number of likely N-dealkylation sites (tertiary alicyclic amines) is 1. The first-order valence-electron chi connectivity index (χ1n) is 15.9. The van der Waals surface area contributed by atoms with Crippen molar-refractivity contribution in [1.29, 1.82) is 0 Å². The number of hydrogen-bond donors (Lipinski definition) is 2. The Morgan fingerprint density at radius 2 is 1.83 bits per heavy atom. The number of hydrogen-bond acceptors (Lipinski definition) is 7. The predicted octanol–water partition coefficient (Wildman–Crippen LogP) is 3.32. The van der Waals surface area contributed by atoms with Gasteiger partial charge in [-0.15, -0.1) is 13.2 Å². The van der Waals surface area contributed by atoms with Crippen LogP contribution < -0.4 is 5.32 Å². The summed E-state index contributed by atoms with van der Waals surface area (Å²) in [5, 5.41) is 13.0. The number of rotatable bonds is 15. The van der Waals surface area contributed by atoms with Crippen LogP contribution in [0.5, 0.6) is 0 Å². The predicted molar refractivity (Wildman–Crippen MR) is 171 cm³/mol. The fourth-order valence-electron chi connectivity index (χ4n) is 7.21. The lowest BCUT2D eigenvalue weighted by Crippen LogP contribution is -2.58. The van der Waals surface area contributed by atoms with Crippen LogP contribution in [0.4, 0.5) is 0 Å². The molecule has 2 aromatic carbocycles. The Bertz CT molecular complexity index is 1430. The van der Waals surface area contributed by atoms with Crippen molar-refractivity contribution < 1.29 is 33.8 Å². The molecule has 2 bridgehead atoms. The van der Waals surface area contributed by atoms with E-state index in [0.29, 0.717) is 31.4 Å². The van der Waals surface area contributed by atoms with E-state index in [9.17, 15) is 24.3 Å². The van der Waals surface area contributed by atoms with Gasteiger partial charge in [-0.05, 0) is 37.3 Å². The monoisotopic (exact) mass is 629 g/mol. The smallest absolute Gasteiger partial charge is 0.313 e. The zero-order valence-electron chi connectivity index (χ0n) is 26.3. The molecule has 10 nitrogen and oxygen atoms in total. The fraction of sp³-hybridized carbons (Fsp3) is 0.444. The maximum atomic E-state index is 14.5. The van der Waals surface area contributed by atoms with Crippen molar-refractivity contribution in [2.45, 2.75) is 69.0 Å². The molecule has 46 heavy (non-hydrogen) atoms. The highest BCUT2D eigenvalue weighted by Crippen LogP contribution is 2.59. The first kappa shape index (κ1) is 33.1. The van der Waals surface area contributed by atoms with Gasteiger partial charge >= 0.3 is 5.97 Å². The second-order valence-corrected chi connectivity index (χ2v) is 12.3. The van der Waals surface area contributed by atoms with Crippen molar-refractivity contribution in [3.8, 4) is 0 Å². The first-order chi connectivity index (χ1) is 22.2. The van der Waals surface area contributed by atoms with Crippen LogP contribution in [0.2, 0.25) is 0 Å². The Kier molecular flexibility index (Phi) is 10.4. The van der Waals surface area contributed by atoms with Crippen LogP contribution >= 0.6 is 0 Å². The molecular weight excluding hydrogens is 586 g/mol. The quantitative estimate of drug-likeness (QED) is 0.229. The van der Waals surface area contributed by atoms with E-state index in [-0.39, 0.29) is 37.9 Å². The second kappa shape index (κ2) is 14.4. The van der Waals surface area contributed by atoms with Crippen LogP contribution in [0.3, 0.4) is 0 Å². The van der Waals surface area contributed by atoms with E-state index in [1.54, 1.807) is 24.0 Å². The lowest BCUT2D eigenvalue weighted by atomic mass is 9.70. The fourth-order valence-corrected chi connectivity index (χ4v) is 7.21. The van der Waals surface area contributed by atoms with E-state index in [4.69, 9.17) is 9.47 Å². The number of amides is 3. The highest BCUT2D eigenvalue weighted by molar-refractivity contribution is 5.98. The Morgan fingerprint density at radius 3 is 2.48 bits per heavy atom. The molecule has 3 saturated heterocycles. The van der Waals surface area contributed by atoms with Crippen molar-refractivity contribution in [3.63, 3.8) is 0 Å². The van der Waals surface area contributed by atoms with Crippen LogP contribution in [-0.4, -0.2) is 82.1 Å². The van der Waals surface area contributed by atoms with E-state index in [0.717, 1.165) is 5.56 Å². The number of ether oxygens (including phenoxy) is 2. The summed E-state index contributed by atoms with van der Waals surface area (Å²) in [4.78, 5) is 58.3. The largest absolute Gasteiger partial charge is 0.455 e. The number of carbonyl (C=O) groups is 4. The van der Waals surface area contributed by atoms with Gasteiger partial charge in [0.2, 0.25) is 17.7 Å². The van der Waals surface area contributed by atoms with Crippen molar-refractivity contribution >= 4 is 23.7 Å². The van der Waals surface area contributed by atoms with Gasteiger partial charge in [0.05, 0.1) is 37.1 Å². The molecule has 244 valence electrons. The molecule has 0 aromatic heterocycles. The summed E-state index contributed by atoms with van der Waals surface area (Å²) in [6.45, 7) is 9.41. The summed E-state index contributed by atoms with van der Waals surface area (Å²) in [7, 11) is 0. The van der Waals surface area contributed by atoms with Crippen molar-refractivity contribution in [3.05, 3.63) is 97.1 Å². The van der Waals surface area contributed by atoms with Gasteiger partial charge < -0.3 is 29.7 Å². The lowest BCUT2D eigenvalue weighted by Gasteiger charge is -2.38. The van der Waals surface area contributed by atoms with Crippen LogP contribution in [0.1, 0.15) is 49.8 Å². The van der Waals surface area contributed by atoms with Crippen molar-refractivity contribution in [2.75, 3.05) is 19.7 Å². The minimum atomic E-state index is -1.25. The summed E-state index contributed by atoms with van der Waals surface area (Å²) in [6.07, 6.45) is 3.57. The van der Waals surface area contributed by atoms with Crippen molar-refractivity contribution in [2.24, 2.45) is 11.8 Å². The molecule has 1 spiro atoms. The zero-order valence-corrected chi connectivity index (χ0v) is 26.3. The minimum absolute atomic E-state index is 0.0541. The molecule has 5 rings (SSSR count). The number of benzene rings is 2. The van der Waals surface area contributed by atoms with Gasteiger partial charge in [-0.1, -0.05) is 72.8 Å². The maximum absolute atomic E-state index is 14.5. The topological polar surface area (TPSA) is 125 Å². The third-order valence-electron chi connectivity index (χ3n) is 9.35.